The number of hydrogen-bond donors (Lipinski definition) is 1. The lowest BCUT2D eigenvalue weighted by Gasteiger charge is -2.09. The molecule has 2 rings (SSSR count). The highest BCUT2D eigenvalue weighted by atomic mass is 32.2. The van der Waals surface area contributed by atoms with Crippen LogP contribution < -0.4 is 4.72 Å². The van der Waals surface area contributed by atoms with Crippen LogP contribution in [0.3, 0.4) is 0 Å². The second-order valence-electron chi connectivity index (χ2n) is 4.32. The van der Waals surface area contributed by atoms with Crippen molar-refractivity contribution < 1.29 is 12.8 Å². The first-order chi connectivity index (χ1) is 10.0. The van der Waals surface area contributed by atoms with Gasteiger partial charge in [-0.25, -0.2) is 8.42 Å². The quantitative estimate of drug-likeness (QED) is 0.693. The third-order valence-electron chi connectivity index (χ3n) is 2.70. The van der Waals surface area contributed by atoms with Gasteiger partial charge >= 0.3 is 0 Å². The summed E-state index contributed by atoms with van der Waals surface area (Å²) in [6.07, 6.45) is 3.32. The van der Waals surface area contributed by atoms with Gasteiger partial charge < -0.3 is 4.42 Å². The minimum Gasteiger partial charge on any atom is -0.467 e. The molecule has 5 nitrogen and oxygen atoms in total. The van der Waals surface area contributed by atoms with Crippen molar-refractivity contribution in [2.45, 2.75) is 18.4 Å². The molecule has 2 aromatic rings. The fourth-order valence-electron chi connectivity index (χ4n) is 1.58. The van der Waals surface area contributed by atoms with E-state index < -0.39 is 10.0 Å². The van der Waals surface area contributed by atoms with Crippen molar-refractivity contribution in [3.05, 3.63) is 54.0 Å². The summed E-state index contributed by atoms with van der Waals surface area (Å²) >= 11 is 1.23. The summed E-state index contributed by atoms with van der Waals surface area (Å²) in [5.74, 6) is 0.677. The van der Waals surface area contributed by atoms with E-state index >= 15 is 0 Å². The van der Waals surface area contributed by atoms with Crippen LogP contribution in [0.1, 0.15) is 11.3 Å². The summed E-state index contributed by atoms with van der Waals surface area (Å²) in [7, 11) is -3.61. The number of sulfonamides is 1. The molecule has 0 aliphatic carbocycles. The van der Waals surface area contributed by atoms with E-state index in [0.29, 0.717) is 17.5 Å². The van der Waals surface area contributed by atoms with E-state index in [2.05, 4.69) is 9.71 Å². The monoisotopic (exact) mass is 324 g/mol. The van der Waals surface area contributed by atoms with Gasteiger partial charge in [0.15, 0.2) is 5.17 Å². The lowest BCUT2D eigenvalue weighted by atomic mass is 10.2. The van der Waals surface area contributed by atoms with Crippen molar-refractivity contribution >= 4 is 27.0 Å². The van der Waals surface area contributed by atoms with Gasteiger partial charge in [-0.2, -0.15) is 0 Å². The Balaban J connectivity index is 2.13. The highest BCUT2D eigenvalue weighted by molar-refractivity contribution is 8.14. The Bertz CT molecular complexity index is 705. The molecule has 0 aliphatic heterocycles. The molecule has 0 unspecified atom stereocenters. The number of aryl methyl sites for hydroxylation is 1. The molecule has 0 bridgehead atoms. The molecule has 112 valence electrons. The molecule has 7 heteroatoms. The number of furan rings is 1. The molecule has 0 aliphatic rings. The predicted octanol–water partition coefficient (Wildman–Crippen LogP) is 2.79. The zero-order valence-electron chi connectivity index (χ0n) is 11.7. The van der Waals surface area contributed by atoms with Gasteiger partial charge in [0, 0.05) is 0 Å². The molecular weight excluding hydrogens is 308 g/mol. The lowest BCUT2D eigenvalue weighted by Crippen LogP contribution is -2.28. The van der Waals surface area contributed by atoms with Crippen LogP contribution in [0.5, 0.6) is 0 Å². The maximum absolute atomic E-state index is 12.2. The molecule has 1 aromatic heterocycles. The van der Waals surface area contributed by atoms with Crippen LogP contribution >= 0.6 is 11.8 Å². The normalized spacial score (nSPS) is 12.4. The maximum Gasteiger partial charge on any atom is 0.263 e. The fourth-order valence-corrected chi connectivity index (χ4v) is 3.34. The van der Waals surface area contributed by atoms with Crippen LogP contribution in [0.25, 0.3) is 0 Å². The molecule has 1 heterocycles. The van der Waals surface area contributed by atoms with Crippen molar-refractivity contribution in [1.82, 2.24) is 4.72 Å². The first kappa shape index (κ1) is 15.7. The number of aliphatic imine (C=N–C) groups is 1. The first-order valence-electron chi connectivity index (χ1n) is 6.21. The van der Waals surface area contributed by atoms with Crippen LogP contribution in [0, 0.1) is 6.92 Å². The molecule has 0 atom stereocenters. The molecule has 0 radical (unpaired) electrons. The number of benzene rings is 1. The smallest absolute Gasteiger partial charge is 0.263 e. The molecule has 21 heavy (non-hydrogen) atoms. The van der Waals surface area contributed by atoms with E-state index in [1.165, 1.54) is 11.8 Å². The lowest BCUT2D eigenvalue weighted by molar-refractivity contribution is 0.513. The van der Waals surface area contributed by atoms with Crippen LogP contribution in [0.15, 0.2) is 57.0 Å². The highest BCUT2D eigenvalue weighted by Crippen LogP contribution is 2.12. The highest BCUT2D eigenvalue weighted by Gasteiger charge is 2.15. The van der Waals surface area contributed by atoms with Gasteiger partial charge in [0.25, 0.3) is 10.0 Å². The Morgan fingerprint density at radius 1 is 1.29 bits per heavy atom. The summed E-state index contributed by atoms with van der Waals surface area (Å²) in [6.45, 7) is 2.20. The van der Waals surface area contributed by atoms with Crippen molar-refractivity contribution in [2.75, 3.05) is 6.26 Å². The van der Waals surface area contributed by atoms with E-state index in [9.17, 15) is 8.42 Å². The molecule has 1 N–H and O–H groups in total. The largest absolute Gasteiger partial charge is 0.467 e. The molecule has 0 saturated carbocycles. The summed E-state index contributed by atoms with van der Waals surface area (Å²) in [5, 5.41) is 0.326. The Hall–Kier alpha value is -1.73. The molecule has 0 amide bonds. The number of nitrogens with one attached hydrogen (secondary N) is 1. The van der Waals surface area contributed by atoms with Crippen molar-refractivity contribution in [3.8, 4) is 0 Å². The zero-order valence-corrected chi connectivity index (χ0v) is 13.4. The first-order valence-corrected chi connectivity index (χ1v) is 8.92. The maximum atomic E-state index is 12.2. The van der Waals surface area contributed by atoms with Gasteiger partial charge in [0.1, 0.15) is 5.76 Å². The van der Waals surface area contributed by atoms with Crippen LogP contribution in [-0.4, -0.2) is 19.8 Å². The van der Waals surface area contributed by atoms with Gasteiger partial charge in [0.05, 0.1) is 17.7 Å². The van der Waals surface area contributed by atoms with Crippen molar-refractivity contribution in [3.63, 3.8) is 0 Å². The van der Waals surface area contributed by atoms with E-state index in [-0.39, 0.29) is 4.90 Å². The Morgan fingerprint density at radius 2 is 2.00 bits per heavy atom. The molecule has 0 spiro atoms. The second kappa shape index (κ2) is 6.82. The average Bonchev–Trinajstić information content (AvgIpc) is 2.97. The van der Waals surface area contributed by atoms with Crippen molar-refractivity contribution in [2.24, 2.45) is 4.99 Å². The third kappa shape index (κ3) is 4.37. The second-order valence-corrected chi connectivity index (χ2v) is 6.80. The van der Waals surface area contributed by atoms with E-state index in [1.54, 1.807) is 48.9 Å². The number of rotatable bonds is 4. The number of nitrogens with zero attached hydrogens (tertiary/aromatic N) is 1. The molecular formula is C14H16N2O3S2. The van der Waals surface area contributed by atoms with Gasteiger partial charge in [-0.15, -0.1) is 0 Å². The van der Waals surface area contributed by atoms with Crippen LogP contribution in [0.2, 0.25) is 0 Å². The standard InChI is InChI=1S/C14H16N2O3S2/c1-11-5-7-13(8-6-11)21(17,18)16-14(20-2)15-10-12-4-3-9-19-12/h3-9H,10H2,1-2H3,(H,15,16). The topological polar surface area (TPSA) is 71.7 Å². The zero-order chi connectivity index (χ0) is 15.3. The van der Waals surface area contributed by atoms with Gasteiger partial charge in [-0.3, -0.25) is 9.71 Å². The summed E-state index contributed by atoms with van der Waals surface area (Å²) < 4.78 is 32.1. The Labute approximate surface area is 128 Å². The van der Waals surface area contributed by atoms with Gasteiger partial charge in [-0.05, 0) is 37.4 Å². The summed E-state index contributed by atoms with van der Waals surface area (Å²) in [6, 6.07) is 10.2. The number of amidine groups is 1. The van der Waals surface area contributed by atoms with Crippen LogP contribution in [-0.2, 0) is 16.6 Å². The SMILES string of the molecule is CSC(=NCc1ccco1)NS(=O)(=O)c1ccc(C)cc1. The number of thioether (sulfide) groups is 1. The fraction of sp³-hybridized carbons (Fsp3) is 0.214. The summed E-state index contributed by atoms with van der Waals surface area (Å²) in [5.41, 5.74) is 1.01. The predicted molar refractivity (Wildman–Crippen MR) is 84.9 cm³/mol. The van der Waals surface area contributed by atoms with E-state index in [0.717, 1.165) is 5.56 Å². The molecule has 0 fully saturated rings. The van der Waals surface area contributed by atoms with E-state index in [1.807, 2.05) is 6.92 Å². The molecule has 1 aromatic carbocycles. The third-order valence-corrected chi connectivity index (χ3v) is 4.81. The van der Waals surface area contributed by atoms with E-state index in [4.69, 9.17) is 4.42 Å². The average molecular weight is 324 g/mol. The Morgan fingerprint density at radius 3 is 2.57 bits per heavy atom. The Kier molecular flexibility index (Phi) is 5.08. The number of hydrogen-bond acceptors (Lipinski definition) is 5. The van der Waals surface area contributed by atoms with Crippen LogP contribution in [0.4, 0.5) is 0 Å². The minimum atomic E-state index is -3.61. The molecule has 0 saturated heterocycles. The summed E-state index contributed by atoms with van der Waals surface area (Å²) in [4.78, 5) is 4.42. The minimum absolute atomic E-state index is 0.216. The van der Waals surface area contributed by atoms with Gasteiger partial charge in [-0.1, -0.05) is 29.5 Å². The van der Waals surface area contributed by atoms with Crippen molar-refractivity contribution in [1.29, 1.82) is 0 Å². The van der Waals surface area contributed by atoms with Gasteiger partial charge in [0.2, 0.25) is 0 Å².